The van der Waals surface area contributed by atoms with Crippen LogP contribution in [0.5, 0.6) is 0 Å². The zero-order valence-electron chi connectivity index (χ0n) is 14.0. The van der Waals surface area contributed by atoms with Crippen molar-refractivity contribution in [3.63, 3.8) is 0 Å². The fourth-order valence-electron chi connectivity index (χ4n) is 2.75. The largest absolute Gasteiger partial charge is 0.309 e. The summed E-state index contributed by atoms with van der Waals surface area (Å²) in [5, 5.41) is 3.04. The van der Waals surface area contributed by atoms with Crippen LogP contribution in [0, 0.1) is 0 Å². The highest BCUT2D eigenvalue weighted by Gasteiger charge is 2.16. The number of hydrogen-bond acceptors (Lipinski definition) is 3. The molecule has 2 aromatic heterocycles. The van der Waals surface area contributed by atoms with E-state index in [-0.39, 0.29) is 5.91 Å². The van der Waals surface area contributed by atoms with Gasteiger partial charge in [0.25, 0.3) is 0 Å². The number of nitrogens with zero attached hydrogens (tertiary/aromatic N) is 2. The van der Waals surface area contributed by atoms with E-state index >= 15 is 0 Å². The van der Waals surface area contributed by atoms with Crippen molar-refractivity contribution in [3.05, 3.63) is 85.1 Å². The molecule has 0 aliphatic carbocycles. The number of benzene rings is 2. The molecule has 0 saturated heterocycles. The summed E-state index contributed by atoms with van der Waals surface area (Å²) in [5.74, 6) is 0.991. The van der Waals surface area contributed by atoms with E-state index in [1.807, 2.05) is 89.5 Å². The van der Waals surface area contributed by atoms with Crippen molar-refractivity contribution in [1.29, 1.82) is 0 Å². The third-order valence-corrected chi connectivity index (χ3v) is 4.96. The number of rotatable bonds is 5. The summed E-state index contributed by atoms with van der Waals surface area (Å²) in [6.45, 7) is 0. The van der Waals surface area contributed by atoms with Gasteiger partial charge in [0.15, 0.2) is 0 Å². The van der Waals surface area contributed by atoms with Crippen molar-refractivity contribution >= 4 is 29.1 Å². The Hall–Kier alpha value is -3.05. The second-order valence-corrected chi connectivity index (χ2v) is 6.80. The molecule has 2 aromatic carbocycles. The maximum atomic E-state index is 12.5. The van der Waals surface area contributed by atoms with Crippen molar-refractivity contribution in [1.82, 2.24) is 9.38 Å². The summed E-state index contributed by atoms with van der Waals surface area (Å²) in [4.78, 5) is 18.3. The average Bonchev–Trinajstić information content (AvgIpc) is 3.06. The van der Waals surface area contributed by atoms with Crippen LogP contribution in [0.25, 0.3) is 16.9 Å². The summed E-state index contributed by atoms with van der Waals surface area (Å²) < 4.78 is 1.91. The van der Waals surface area contributed by atoms with Crippen molar-refractivity contribution in [2.24, 2.45) is 0 Å². The van der Waals surface area contributed by atoms with E-state index in [9.17, 15) is 4.79 Å². The van der Waals surface area contributed by atoms with Crippen LogP contribution < -0.4 is 5.32 Å². The number of aromatic nitrogens is 2. The SMILES string of the molecule is O=C(CSc1ccccc1)Nc1c(-c2ccccc2)nc2ccccn12. The monoisotopic (exact) mass is 359 g/mol. The highest BCUT2D eigenvalue weighted by atomic mass is 32.2. The first-order chi connectivity index (χ1) is 12.8. The summed E-state index contributed by atoms with van der Waals surface area (Å²) in [6, 6.07) is 25.6. The molecule has 4 aromatic rings. The maximum absolute atomic E-state index is 12.5. The summed E-state index contributed by atoms with van der Waals surface area (Å²) in [5.41, 5.74) is 2.55. The van der Waals surface area contributed by atoms with Gasteiger partial charge in [0.2, 0.25) is 5.91 Å². The van der Waals surface area contributed by atoms with Gasteiger partial charge in [0.1, 0.15) is 17.2 Å². The first-order valence-corrected chi connectivity index (χ1v) is 9.30. The van der Waals surface area contributed by atoms with Crippen LogP contribution in [0.1, 0.15) is 0 Å². The van der Waals surface area contributed by atoms with Gasteiger partial charge in [-0.15, -0.1) is 11.8 Å². The summed E-state index contributed by atoms with van der Waals surface area (Å²) in [6.07, 6.45) is 1.91. The van der Waals surface area contributed by atoms with E-state index in [1.54, 1.807) is 0 Å². The average molecular weight is 359 g/mol. The molecule has 4 rings (SSSR count). The van der Waals surface area contributed by atoms with Gasteiger partial charge < -0.3 is 5.32 Å². The molecule has 0 aliphatic rings. The smallest absolute Gasteiger partial charge is 0.235 e. The molecule has 0 unspecified atom stereocenters. The number of hydrogen-bond donors (Lipinski definition) is 1. The third-order valence-electron chi connectivity index (χ3n) is 3.95. The van der Waals surface area contributed by atoms with Crippen molar-refractivity contribution < 1.29 is 4.79 Å². The van der Waals surface area contributed by atoms with E-state index < -0.39 is 0 Å². The van der Waals surface area contributed by atoms with Gasteiger partial charge in [-0.2, -0.15) is 0 Å². The van der Waals surface area contributed by atoms with Gasteiger partial charge in [0, 0.05) is 16.7 Å². The molecule has 0 bridgehead atoms. The molecular weight excluding hydrogens is 342 g/mol. The lowest BCUT2D eigenvalue weighted by Crippen LogP contribution is -2.16. The van der Waals surface area contributed by atoms with Crippen molar-refractivity contribution in [3.8, 4) is 11.3 Å². The summed E-state index contributed by atoms with van der Waals surface area (Å²) >= 11 is 1.52. The van der Waals surface area contributed by atoms with Crippen LogP contribution in [0.15, 0.2) is 90.0 Å². The molecule has 128 valence electrons. The predicted octanol–water partition coefficient (Wildman–Crippen LogP) is 4.73. The van der Waals surface area contributed by atoms with E-state index in [0.717, 1.165) is 21.8 Å². The number of pyridine rings is 1. The van der Waals surface area contributed by atoms with Crippen molar-refractivity contribution in [2.45, 2.75) is 4.90 Å². The quantitative estimate of drug-likeness (QED) is 0.524. The Morgan fingerprint density at radius 1 is 0.923 bits per heavy atom. The minimum atomic E-state index is -0.0540. The van der Waals surface area contributed by atoms with Gasteiger partial charge in [-0.05, 0) is 24.3 Å². The van der Waals surface area contributed by atoms with Gasteiger partial charge in [-0.25, -0.2) is 4.98 Å². The number of carbonyl (C=O) groups is 1. The van der Waals surface area contributed by atoms with E-state index in [1.165, 1.54) is 11.8 Å². The molecule has 0 spiro atoms. The van der Waals surface area contributed by atoms with Gasteiger partial charge in [-0.3, -0.25) is 9.20 Å². The number of fused-ring (bicyclic) bond motifs is 1. The molecule has 4 nitrogen and oxygen atoms in total. The van der Waals surface area contributed by atoms with Gasteiger partial charge >= 0.3 is 0 Å². The lowest BCUT2D eigenvalue weighted by Gasteiger charge is -2.08. The van der Waals surface area contributed by atoms with Crippen LogP contribution >= 0.6 is 11.8 Å². The Morgan fingerprint density at radius 3 is 2.38 bits per heavy atom. The van der Waals surface area contributed by atoms with E-state index in [0.29, 0.717) is 11.6 Å². The van der Waals surface area contributed by atoms with Crippen molar-refractivity contribution in [2.75, 3.05) is 11.1 Å². The molecule has 1 amide bonds. The van der Waals surface area contributed by atoms with Crippen LogP contribution in [0.3, 0.4) is 0 Å². The lowest BCUT2D eigenvalue weighted by molar-refractivity contribution is -0.113. The normalized spacial score (nSPS) is 10.8. The van der Waals surface area contributed by atoms with Crippen LogP contribution in [-0.2, 0) is 4.79 Å². The molecule has 5 heteroatoms. The molecular formula is C21H17N3OS. The van der Waals surface area contributed by atoms with Gasteiger partial charge in [0.05, 0.1) is 5.75 Å². The fourth-order valence-corrected chi connectivity index (χ4v) is 3.47. The molecule has 0 saturated carbocycles. The minimum absolute atomic E-state index is 0.0540. The summed E-state index contributed by atoms with van der Waals surface area (Å²) in [7, 11) is 0. The fraction of sp³-hybridized carbons (Fsp3) is 0.0476. The Balaban J connectivity index is 1.61. The Kier molecular flexibility index (Phi) is 4.71. The van der Waals surface area contributed by atoms with E-state index in [4.69, 9.17) is 4.98 Å². The molecule has 0 radical (unpaired) electrons. The van der Waals surface area contributed by atoms with Crippen LogP contribution in [0.2, 0.25) is 0 Å². The second-order valence-electron chi connectivity index (χ2n) is 5.75. The third kappa shape index (κ3) is 3.48. The number of imidazole rings is 1. The molecule has 26 heavy (non-hydrogen) atoms. The van der Waals surface area contributed by atoms with Gasteiger partial charge in [-0.1, -0.05) is 54.6 Å². The second kappa shape index (κ2) is 7.45. The predicted molar refractivity (Wildman–Crippen MR) is 106 cm³/mol. The number of thioether (sulfide) groups is 1. The van der Waals surface area contributed by atoms with Crippen LogP contribution in [0.4, 0.5) is 5.82 Å². The zero-order valence-corrected chi connectivity index (χ0v) is 14.8. The molecule has 0 aliphatic heterocycles. The topological polar surface area (TPSA) is 46.4 Å². The number of carbonyl (C=O) groups excluding carboxylic acids is 1. The molecule has 1 N–H and O–H groups in total. The zero-order chi connectivity index (χ0) is 17.8. The lowest BCUT2D eigenvalue weighted by atomic mass is 10.1. The first-order valence-electron chi connectivity index (χ1n) is 8.31. The first kappa shape index (κ1) is 16.4. The Morgan fingerprint density at radius 2 is 1.62 bits per heavy atom. The highest BCUT2D eigenvalue weighted by Crippen LogP contribution is 2.29. The van der Waals surface area contributed by atoms with E-state index in [2.05, 4.69) is 5.32 Å². The highest BCUT2D eigenvalue weighted by molar-refractivity contribution is 8.00. The molecule has 2 heterocycles. The molecule has 0 fully saturated rings. The number of nitrogens with one attached hydrogen (secondary N) is 1. The number of amides is 1. The number of anilines is 1. The standard InChI is InChI=1S/C21H17N3OS/c25-19(15-26-17-11-5-2-6-12-17)23-21-20(16-9-3-1-4-10-16)22-18-13-7-8-14-24(18)21/h1-14H,15H2,(H,23,25). The minimum Gasteiger partial charge on any atom is -0.309 e. The maximum Gasteiger partial charge on any atom is 0.235 e. The Bertz CT molecular complexity index is 1030. The molecule has 0 atom stereocenters. The van der Waals surface area contributed by atoms with Crippen LogP contribution in [-0.4, -0.2) is 21.0 Å². The Labute approximate surface area is 155 Å².